The lowest BCUT2D eigenvalue weighted by molar-refractivity contribution is -0.115. The monoisotopic (exact) mass is 379 g/mol. The number of pyridine rings is 1. The van der Waals surface area contributed by atoms with E-state index in [0.29, 0.717) is 17.5 Å². The lowest BCUT2D eigenvalue weighted by Gasteiger charge is -2.13. The lowest BCUT2D eigenvalue weighted by atomic mass is 10.2. The Morgan fingerprint density at radius 3 is 2.74 bits per heavy atom. The van der Waals surface area contributed by atoms with Gasteiger partial charge in [0.1, 0.15) is 0 Å². The first kappa shape index (κ1) is 18.8. The maximum atomic E-state index is 12.5. The number of allylic oxidation sites excluding steroid dienone is 1. The van der Waals surface area contributed by atoms with Crippen LogP contribution in [0.1, 0.15) is 12.5 Å². The minimum Gasteiger partial charge on any atom is -0.325 e. The molecule has 7 heteroatoms. The Bertz CT molecular complexity index is 921. The Balaban J connectivity index is 1.76. The van der Waals surface area contributed by atoms with Crippen molar-refractivity contribution in [2.45, 2.75) is 30.8 Å². The summed E-state index contributed by atoms with van der Waals surface area (Å²) in [5.74, 6) is 0.622. The molecular formula is C20H21N5OS. The summed E-state index contributed by atoms with van der Waals surface area (Å²) in [5, 5.41) is 11.8. The highest BCUT2D eigenvalue weighted by molar-refractivity contribution is 8.00. The Morgan fingerprint density at radius 2 is 2.07 bits per heavy atom. The van der Waals surface area contributed by atoms with E-state index in [2.05, 4.69) is 27.1 Å². The summed E-state index contributed by atoms with van der Waals surface area (Å²) in [6.45, 7) is 8.22. The van der Waals surface area contributed by atoms with Gasteiger partial charge < -0.3 is 5.32 Å². The van der Waals surface area contributed by atoms with Crippen molar-refractivity contribution >= 4 is 23.4 Å². The van der Waals surface area contributed by atoms with Crippen LogP contribution in [0, 0.1) is 6.92 Å². The summed E-state index contributed by atoms with van der Waals surface area (Å²) in [4.78, 5) is 16.7. The molecule has 2 aromatic heterocycles. The summed E-state index contributed by atoms with van der Waals surface area (Å²) in [5.41, 5.74) is 2.80. The molecule has 1 N–H and O–H groups in total. The number of aromatic nitrogens is 4. The summed E-state index contributed by atoms with van der Waals surface area (Å²) in [7, 11) is 0. The maximum absolute atomic E-state index is 12.5. The third kappa shape index (κ3) is 4.62. The highest BCUT2D eigenvalue weighted by Crippen LogP contribution is 2.27. The Hall–Kier alpha value is -2.93. The number of aryl methyl sites for hydroxylation is 1. The molecule has 1 aromatic carbocycles. The molecule has 6 nitrogen and oxygen atoms in total. The molecule has 1 unspecified atom stereocenters. The second kappa shape index (κ2) is 8.64. The van der Waals surface area contributed by atoms with Crippen molar-refractivity contribution in [2.75, 3.05) is 5.32 Å². The minimum atomic E-state index is -0.333. The number of carbonyl (C=O) groups excluding carboxylic acids is 1. The van der Waals surface area contributed by atoms with Crippen molar-refractivity contribution in [3.8, 4) is 11.4 Å². The van der Waals surface area contributed by atoms with Crippen LogP contribution in [0.4, 0.5) is 5.69 Å². The van der Waals surface area contributed by atoms with Crippen molar-refractivity contribution in [3.05, 3.63) is 67.0 Å². The van der Waals surface area contributed by atoms with Crippen molar-refractivity contribution < 1.29 is 4.79 Å². The Morgan fingerprint density at radius 1 is 1.30 bits per heavy atom. The fourth-order valence-electron chi connectivity index (χ4n) is 2.47. The molecule has 3 aromatic rings. The average molecular weight is 379 g/mol. The summed E-state index contributed by atoms with van der Waals surface area (Å²) < 4.78 is 1.93. The summed E-state index contributed by atoms with van der Waals surface area (Å²) >= 11 is 1.37. The molecule has 0 saturated carbocycles. The molecule has 1 amide bonds. The molecule has 3 rings (SSSR count). The van der Waals surface area contributed by atoms with Gasteiger partial charge in [-0.3, -0.25) is 14.3 Å². The average Bonchev–Trinajstić information content (AvgIpc) is 3.07. The van der Waals surface area contributed by atoms with Crippen LogP contribution in [-0.4, -0.2) is 30.9 Å². The van der Waals surface area contributed by atoms with Crippen LogP contribution in [0.2, 0.25) is 0 Å². The number of rotatable bonds is 7. The number of nitrogens with one attached hydrogen (secondary N) is 1. The largest absolute Gasteiger partial charge is 0.325 e. The number of hydrogen-bond acceptors (Lipinski definition) is 5. The van der Waals surface area contributed by atoms with Crippen molar-refractivity contribution in [1.29, 1.82) is 0 Å². The van der Waals surface area contributed by atoms with E-state index in [1.165, 1.54) is 11.8 Å². The fraction of sp³-hybridized carbons (Fsp3) is 0.200. The molecule has 0 aliphatic rings. The first-order valence-corrected chi connectivity index (χ1v) is 9.45. The van der Waals surface area contributed by atoms with E-state index in [1.54, 1.807) is 18.5 Å². The quantitative estimate of drug-likeness (QED) is 0.497. The number of carbonyl (C=O) groups is 1. The van der Waals surface area contributed by atoms with E-state index in [0.717, 1.165) is 16.8 Å². The molecule has 0 saturated heterocycles. The zero-order valence-corrected chi connectivity index (χ0v) is 16.1. The van der Waals surface area contributed by atoms with E-state index < -0.39 is 0 Å². The van der Waals surface area contributed by atoms with Gasteiger partial charge >= 0.3 is 0 Å². The maximum Gasteiger partial charge on any atom is 0.237 e. The van der Waals surface area contributed by atoms with E-state index in [1.807, 2.05) is 54.8 Å². The number of benzene rings is 1. The van der Waals surface area contributed by atoms with Crippen molar-refractivity contribution in [3.63, 3.8) is 0 Å². The molecule has 27 heavy (non-hydrogen) atoms. The number of thioether (sulfide) groups is 1. The lowest BCUT2D eigenvalue weighted by Crippen LogP contribution is -2.23. The predicted molar refractivity (Wildman–Crippen MR) is 109 cm³/mol. The van der Waals surface area contributed by atoms with Crippen LogP contribution in [-0.2, 0) is 11.3 Å². The van der Waals surface area contributed by atoms with Crippen LogP contribution in [0.15, 0.2) is 66.6 Å². The molecule has 0 fully saturated rings. The molecular weight excluding hydrogens is 358 g/mol. The van der Waals surface area contributed by atoms with Gasteiger partial charge in [0.25, 0.3) is 0 Å². The van der Waals surface area contributed by atoms with E-state index in [9.17, 15) is 4.79 Å². The second-order valence-corrected chi connectivity index (χ2v) is 7.37. The SMILES string of the molecule is C=CCn1c(SC(C)C(=O)Nc2ccc(C)cc2)nnc1-c1cccnc1. The van der Waals surface area contributed by atoms with Crippen molar-refractivity contribution in [1.82, 2.24) is 19.7 Å². The normalized spacial score (nSPS) is 11.8. The Labute approximate surface area is 162 Å². The van der Waals surface area contributed by atoms with Gasteiger partial charge in [-0.25, -0.2) is 0 Å². The molecule has 0 aliphatic carbocycles. The predicted octanol–water partition coefficient (Wildman–Crippen LogP) is 3.95. The third-order valence-corrected chi connectivity index (χ3v) is 5.00. The molecule has 1 atom stereocenters. The van der Waals surface area contributed by atoms with Crippen molar-refractivity contribution in [2.24, 2.45) is 0 Å². The molecule has 0 aliphatic heterocycles. The molecule has 2 heterocycles. The summed E-state index contributed by atoms with van der Waals surface area (Å²) in [6, 6.07) is 11.5. The highest BCUT2D eigenvalue weighted by atomic mass is 32.2. The minimum absolute atomic E-state index is 0.0834. The van der Waals surface area contributed by atoms with Crippen LogP contribution < -0.4 is 5.32 Å². The number of nitrogens with zero attached hydrogens (tertiary/aromatic N) is 4. The zero-order chi connectivity index (χ0) is 19.2. The van der Waals surface area contributed by atoms with Gasteiger partial charge in [-0.15, -0.1) is 16.8 Å². The van der Waals surface area contributed by atoms with Gasteiger partial charge in [0.15, 0.2) is 11.0 Å². The van der Waals surface area contributed by atoms with Gasteiger partial charge in [-0.05, 0) is 38.1 Å². The van der Waals surface area contributed by atoms with E-state index >= 15 is 0 Å². The second-order valence-electron chi connectivity index (χ2n) is 6.06. The van der Waals surface area contributed by atoms with Gasteiger partial charge in [0.05, 0.1) is 5.25 Å². The van der Waals surface area contributed by atoms with Gasteiger partial charge in [0, 0.05) is 30.2 Å². The number of amides is 1. The van der Waals surface area contributed by atoms with Gasteiger partial charge in [0.2, 0.25) is 5.91 Å². The van der Waals surface area contributed by atoms with Gasteiger partial charge in [-0.2, -0.15) is 0 Å². The number of anilines is 1. The standard InChI is InChI=1S/C20H21N5OS/c1-4-12-25-18(16-6-5-11-21-13-16)23-24-20(25)27-15(3)19(26)22-17-9-7-14(2)8-10-17/h4-11,13,15H,1,12H2,2-3H3,(H,22,26). The number of hydrogen-bond donors (Lipinski definition) is 1. The zero-order valence-electron chi connectivity index (χ0n) is 15.3. The van der Waals surface area contributed by atoms with E-state index in [4.69, 9.17) is 0 Å². The van der Waals surface area contributed by atoms with Crippen LogP contribution >= 0.6 is 11.8 Å². The van der Waals surface area contributed by atoms with Gasteiger partial charge in [-0.1, -0.05) is 35.5 Å². The van der Waals surface area contributed by atoms with Crippen LogP contribution in [0.5, 0.6) is 0 Å². The Kier molecular flexibility index (Phi) is 6.03. The van der Waals surface area contributed by atoms with E-state index in [-0.39, 0.29) is 11.2 Å². The molecule has 138 valence electrons. The molecule has 0 bridgehead atoms. The third-order valence-electron chi connectivity index (χ3n) is 3.92. The van der Waals surface area contributed by atoms with Crippen LogP contribution in [0.3, 0.4) is 0 Å². The molecule has 0 radical (unpaired) electrons. The smallest absolute Gasteiger partial charge is 0.237 e. The topological polar surface area (TPSA) is 72.7 Å². The first-order valence-electron chi connectivity index (χ1n) is 8.57. The highest BCUT2D eigenvalue weighted by Gasteiger charge is 2.20. The fourth-order valence-corrected chi connectivity index (χ4v) is 3.33. The molecule has 0 spiro atoms. The summed E-state index contributed by atoms with van der Waals surface area (Å²) in [6.07, 6.45) is 5.24. The van der Waals surface area contributed by atoms with Crippen LogP contribution in [0.25, 0.3) is 11.4 Å². The first-order chi connectivity index (χ1) is 13.1.